The fourth-order valence-electron chi connectivity index (χ4n) is 3.85. The van der Waals surface area contributed by atoms with E-state index < -0.39 is 27.6 Å². The molecule has 0 aromatic carbocycles. The zero-order valence-corrected chi connectivity index (χ0v) is 12.4. The van der Waals surface area contributed by atoms with Gasteiger partial charge in [-0.2, -0.15) is 0 Å². The molecule has 1 aliphatic heterocycles. The number of carboxylic acids is 1. The molecule has 3 rings (SSSR count). The Hall–Kier alpha value is -1.37. The van der Waals surface area contributed by atoms with Crippen molar-refractivity contribution < 1.29 is 23.1 Å². The molecule has 6 nitrogen and oxygen atoms in total. The predicted octanol–water partition coefficient (Wildman–Crippen LogP) is 0.203. The molecule has 4 atom stereocenters. The van der Waals surface area contributed by atoms with Crippen LogP contribution in [0.15, 0.2) is 12.2 Å². The predicted molar refractivity (Wildman–Crippen MR) is 75.2 cm³/mol. The average molecular weight is 313 g/mol. The van der Waals surface area contributed by atoms with E-state index in [1.807, 2.05) is 12.2 Å². The molecule has 2 bridgehead atoms. The Kier molecular flexibility index (Phi) is 3.55. The molecule has 0 aromatic rings. The molecule has 116 valence electrons. The summed E-state index contributed by atoms with van der Waals surface area (Å²) >= 11 is 0. The van der Waals surface area contributed by atoms with Crippen molar-refractivity contribution in [1.29, 1.82) is 0 Å². The van der Waals surface area contributed by atoms with Crippen molar-refractivity contribution >= 4 is 21.7 Å². The van der Waals surface area contributed by atoms with E-state index in [0.29, 0.717) is 12.8 Å². The van der Waals surface area contributed by atoms with Crippen molar-refractivity contribution in [2.24, 2.45) is 23.7 Å². The van der Waals surface area contributed by atoms with E-state index in [2.05, 4.69) is 5.32 Å². The summed E-state index contributed by atoms with van der Waals surface area (Å²) in [6.45, 7) is 0. The normalized spacial score (nSPS) is 37.5. The first-order valence-corrected chi connectivity index (χ1v) is 9.11. The molecule has 0 radical (unpaired) electrons. The minimum Gasteiger partial charge on any atom is -0.481 e. The third-order valence-corrected chi connectivity index (χ3v) is 6.66. The van der Waals surface area contributed by atoms with Gasteiger partial charge in [0.15, 0.2) is 0 Å². The molecule has 1 heterocycles. The quantitative estimate of drug-likeness (QED) is 0.725. The minimum absolute atomic E-state index is 0.00317. The van der Waals surface area contributed by atoms with Gasteiger partial charge in [-0.1, -0.05) is 12.2 Å². The van der Waals surface area contributed by atoms with Crippen LogP contribution in [0.3, 0.4) is 0 Å². The van der Waals surface area contributed by atoms with Crippen molar-refractivity contribution in [3.63, 3.8) is 0 Å². The lowest BCUT2D eigenvalue weighted by Crippen LogP contribution is -2.46. The number of hydrogen-bond donors (Lipinski definition) is 2. The Morgan fingerprint density at radius 2 is 1.62 bits per heavy atom. The summed E-state index contributed by atoms with van der Waals surface area (Å²) in [7, 11) is -2.96. The molecule has 1 saturated carbocycles. The summed E-state index contributed by atoms with van der Waals surface area (Å²) in [4.78, 5) is 23.8. The molecule has 3 aliphatic rings. The molecule has 0 aromatic heterocycles. The van der Waals surface area contributed by atoms with Gasteiger partial charge in [0.2, 0.25) is 5.91 Å². The summed E-state index contributed by atoms with van der Waals surface area (Å²) in [6.07, 6.45) is 5.42. The van der Waals surface area contributed by atoms with Crippen molar-refractivity contribution in [1.82, 2.24) is 5.32 Å². The number of carbonyl (C=O) groups is 2. The average Bonchev–Trinajstić information content (AvgIpc) is 3.01. The lowest BCUT2D eigenvalue weighted by molar-refractivity contribution is -0.148. The summed E-state index contributed by atoms with van der Waals surface area (Å²) in [6, 6.07) is -0.154. The highest BCUT2D eigenvalue weighted by Crippen LogP contribution is 2.48. The second kappa shape index (κ2) is 5.12. The van der Waals surface area contributed by atoms with Crippen LogP contribution >= 0.6 is 0 Å². The van der Waals surface area contributed by atoms with Gasteiger partial charge in [-0.25, -0.2) is 8.42 Å². The second-order valence-corrected chi connectivity index (χ2v) is 8.58. The van der Waals surface area contributed by atoms with Gasteiger partial charge < -0.3 is 10.4 Å². The monoisotopic (exact) mass is 313 g/mol. The molecule has 1 amide bonds. The fraction of sp³-hybridized carbons (Fsp3) is 0.714. The molecular formula is C14H19NO5S. The van der Waals surface area contributed by atoms with E-state index in [1.54, 1.807) is 0 Å². The number of allylic oxidation sites excluding steroid dienone is 2. The van der Waals surface area contributed by atoms with E-state index in [-0.39, 0.29) is 35.3 Å². The smallest absolute Gasteiger partial charge is 0.307 e. The van der Waals surface area contributed by atoms with Gasteiger partial charge in [-0.3, -0.25) is 9.59 Å². The number of rotatable bonds is 3. The van der Waals surface area contributed by atoms with Crippen LogP contribution in [0.1, 0.15) is 19.3 Å². The highest BCUT2D eigenvalue weighted by Gasteiger charge is 2.51. The van der Waals surface area contributed by atoms with Crippen molar-refractivity contribution in [3.8, 4) is 0 Å². The van der Waals surface area contributed by atoms with Crippen LogP contribution in [-0.4, -0.2) is 42.9 Å². The van der Waals surface area contributed by atoms with Gasteiger partial charge in [-0.15, -0.1) is 0 Å². The molecule has 7 heteroatoms. The Balaban J connectivity index is 1.66. The van der Waals surface area contributed by atoms with Gasteiger partial charge in [0.25, 0.3) is 0 Å². The minimum atomic E-state index is -2.96. The number of carbonyl (C=O) groups excluding carboxylic acids is 1. The standard InChI is InChI=1S/C14H19NO5S/c16-13(15-10-3-5-21(19,20)6-4-10)11-8-1-2-9(7-8)12(11)14(17)18/h1-2,8-12H,3-7H2,(H,15,16)(H,17,18). The SMILES string of the molecule is O=C(O)C1C2C=CC(C2)C1C(=O)NC1CCS(=O)(=O)CC1. The lowest BCUT2D eigenvalue weighted by atomic mass is 9.82. The number of fused-ring (bicyclic) bond motifs is 2. The summed E-state index contributed by atoms with van der Waals surface area (Å²) in [5.74, 6) is -2.17. The van der Waals surface area contributed by atoms with Crippen LogP contribution in [-0.2, 0) is 19.4 Å². The van der Waals surface area contributed by atoms with Gasteiger partial charge in [-0.05, 0) is 31.1 Å². The molecule has 0 spiro atoms. The van der Waals surface area contributed by atoms with Gasteiger partial charge in [0, 0.05) is 6.04 Å². The molecule has 2 aliphatic carbocycles. The van der Waals surface area contributed by atoms with Gasteiger partial charge >= 0.3 is 5.97 Å². The van der Waals surface area contributed by atoms with E-state index in [9.17, 15) is 23.1 Å². The van der Waals surface area contributed by atoms with Crippen LogP contribution in [0.25, 0.3) is 0 Å². The van der Waals surface area contributed by atoms with Crippen LogP contribution < -0.4 is 5.32 Å². The fourth-order valence-corrected chi connectivity index (χ4v) is 5.34. The zero-order valence-electron chi connectivity index (χ0n) is 11.6. The van der Waals surface area contributed by atoms with E-state index in [0.717, 1.165) is 6.42 Å². The third-order valence-electron chi connectivity index (χ3n) is 4.95. The first kappa shape index (κ1) is 14.6. The van der Waals surface area contributed by atoms with E-state index in [4.69, 9.17) is 0 Å². The number of hydrogen-bond acceptors (Lipinski definition) is 4. The van der Waals surface area contributed by atoms with E-state index >= 15 is 0 Å². The van der Waals surface area contributed by atoms with Crippen molar-refractivity contribution in [2.45, 2.75) is 25.3 Å². The van der Waals surface area contributed by atoms with Gasteiger partial charge in [0.1, 0.15) is 9.84 Å². The molecule has 2 fully saturated rings. The Bertz CT molecular complexity index is 582. The van der Waals surface area contributed by atoms with Crippen molar-refractivity contribution in [2.75, 3.05) is 11.5 Å². The summed E-state index contributed by atoms with van der Waals surface area (Å²) < 4.78 is 22.8. The Morgan fingerprint density at radius 3 is 2.19 bits per heavy atom. The zero-order chi connectivity index (χ0) is 15.2. The number of sulfone groups is 1. The first-order valence-electron chi connectivity index (χ1n) is 7.29. The third kappa shape index (κ3) is 2.71. The molecule has 21 heavy (non-hydrogen) atoms. The van der Waals surface area contributed by atoms with E-state index in [1.165, 1.54) is 0 Å². The van der Waals surface area contributed by atoms with Crippen LogP contribution in [0.4, 0.5) is 0 Å². The maximum Gasteiger partial charge on any atom is 0.307 e. The van der Waals surface area contributed by atoms with Crippen molar-refractivity contribution in [3.05, 3.63) is 12.2 Å². The van der Waals surface area contributed by atoms with Gasteiger partial charge in [0.05, 0.1) is 23.3 Å². The molecule has 1 saturated heterocycles. The van der Waals surface area contributed by atoms with Crippen LogP contribution in [0.2, 0.25) is 0 Å². The number of amides is 1. The molecular weight excluding hydrogens is 294 g/mol. The largest absolute Gasteiger partial charge is 0.481 e. The van der Waals surface area contributed by atoms with Crippen LogP contribution in [0.5, 0.6) is 0 Å². The molecule has 2 N–H and O–H groups in total. The first-order chi connectivity index (χ1) is 9.87. The molecule has 4 unspecified atom stereocenters. The summed E-state index contributed by atoms with van der Waals surface area (Å²) in [5, 5.41) is 12.2. The topological polar surface area (TPSA) is 101 Å². The maximum absolute atomic E-state index is 12.4. The number of carboxylic acid groups (broad SMARTS) is 1. The Labute approximate surface area is 123 Å². The number of aliphatic carboxylic acids is 1. The highest BCUT2D eigenvalue weighted by molar-refractivity contribution is 7.91. The highest BCUT2D eigenvalue weighted by atomic mass is 32.2. The Morgan fingerprint density at radius 1 is 1.05 bits per heavy atom. The summed E-state index contributed by atoms with van der Waals surface area (Å²) in [5.41, 5.74) is 0. The van der Waals surface area contributed by atoms with Crippen LogP contribution in [0, 0.1) is 23.7 Å². The lowest BCUT2D eigenvalue weighted by Gasteiger charge is -2.28. The number of nitrogens with one attached hydrogen (secondary N) is 1. The second-order valence-electron chi connectivity index (χ2n) is 6.27. The maximum atomic E-state index is 12.4.